The van der Waals surface area contributed by atoms with Gasteiger partial charge in [0.05, 0.1) is 6.10 Å². The Morgan fingerprint density at radius 3 is 2.87 bits per heavy atom. The van der Waals surface area contributed by atoms with Crippen LogP contribution in [0.25, 0.3) is 0 Å². The van der Waals surface area contributed by atoms with E-state index < -0.39 is 6.10 Å². The van der Waals surface area contributed by atoms with Gasteiger partial charge >= 0.3 is 0 Å². The van der Waals surface area contributed by atoms with E-state index in [-0.39, 0.29) is 0 Å². The summed E-state index contributed by atoms with van der Waals surface area (Å²) >= 11 is 0. The van der Waals surface area contributed by atoms with Crippen molar-refractivity contribution in [1.29, 1.82) is 0 Å². The van der Waals surface area contributed by atoms with Crippen molar-refractivity contribution in [1.82, 2.24) is 4.98 Å². The highest BCUT2D eigenvalue weighted by Crippen LogP contribution is 2.17. The number of hydrogen-bond acceptors (Lipinski definition) is 3. The quantitative estimate of drug-likeness (QED) is 0.767. The molecule has 0 radical (unpaired) electrons. The second-order valence-electron chi connectivity index (χ2n) is 3.94. The lowest BCUT2D eigenvalue weighted by Gasteiger charge is -2.19. The maximum absolute atomic E-state index is 9.45. The number of aliphatic hydroxyl groups is 1. The first kappa shape index (κ1) is 11.7. The molecule has 1 heterocycles. The Bertz CT molecular complexity index is 347. The number of anilines is 1. The maximum Gasteiger partial charge on any atom is 0.128 e. The molecule has 1 N–H and O–H groups in total. The lowest BCUT2D eigenvalue weighted by molar-refractivity contribution is 0.199. The molecular formula is C12H18N2O. The van der Waals surface area contributed by atoms with Gasteiger partial charge in [0.1, 0.15) is 5.82 Å². The van der Waals surface area contributed by atoms with Crippen molar-refractivity contribution in [2.24, 2.45) is 0 Å². The second-order valence-corrected chi connectivity index (χ2v) is 3.94. The van der Waals surface area contributed by atoms with E-state index in [9.17, 15) is 5.11 Å². The number of hydrogen-bond donors (Lipinski definition) is 1. The van der Waals surface area contributed by atoms with Crippen LogP contribution in [0, 0.1) is 0 Å². The number of aliphatic hydroxyl groups excluding tert-OH is 1. The summed E-state index contributed by atoms with van der Waals surface area (Å²) in [5.74, 6) is 0.858. The van der Waals surface area contributed by atoms with Gasteiger partial charge in [-0.1, -0.05) is 12.2 Å². The summed E-state index contributed by atoms with van der Waals surface area (Å²) in [4.78, 5) is 6.26. The summed E-state index contributed by atoms with van der Waals surface area (Å²) in [5.41, 5.74) is 1.97. The van der Waals surface area contributed by atoms with Crippen molar-refractivity contribution < 1.29 is 5.11 Å². The summed E-state index contributed by atoms with van der Waals surface area (Å²) in [5, 5.41) is 9.45. The standard InChI is InChI=1S/C12H18N2O/c1-9(2)8-14(4)12-7-11(10(3)15)5-6-13-12/h5-7,10,15H,1,8H2,2-4H3. The lowest BCUT2D eigenvalue weighted by atomic mass is 10.1. The number of rotatable bonds is 4. The molecule has 1 aromatic heterocycles. The van der Waals surface area contributed by atoms with Crippen LogP contribution in [0.15, 0.2) is 30.5 Å². The minimum Gasteiger partial charge on any atom is -0.389 e. The van der Waals surface area contributed by atoms with Crippen LogP contribution in [0.4, 0.5) is 5.82 Å². The molecule has 0 saturated heterocycles. The Hall–Kier alpha value is -1.35. The molecule has 0 aliphatic rings. The van der Waals surface area contributed by atoms with Crippen molar-refractivity contribution in [2.75, 3.05) is 18.5 Å². The SMILES string of the molecule is C=C(C)CN(C)c1cc(C(C)O)ccn1. The van der Waals surface area contributed by atoms with Crippen LogP contribution in [0.2, 0.25) is 0 Å². The lowest BCUT2D eigenvalue weighted by Crippen LogP contribution is -2.20. The van der Waals surface area contributed by atoms with Crippen LogP contribution >= 0.6 is 0 Å². The summed E-state index contributed by atoms with van der Waals surface area (Å²) < 4.78 is 0. The predicted octanol–water partition coefficient (Wildman–Crippen LogP) is 2.15. The molecule has 0 spiro atoms. The van der Waals surface area contributed by atoms with Gasteiger partial charge in [-0.15, -0.1) is 0 Å². The molecule has 3 nitrogen and oxygen atoms in total. The highest BCUT2D eigenvalue weighted by Gasteiger charge is 2.06. The third kappa shape index (κ3) is 3.36. The topological polar surface area (TPSA) is 36.4 Å². The minimum absolute atomic E-state index is 0.454. The Morgan fingerprint density at radius 1 is 1.67 bits per heavy atom. The average molecular weight is 206 g/mol. The molecule has 0 amide bonds. The van der Waals surface area contributed by atoms with Crippen LogP contribution in [-0.4, -0.2) is 23.7 Å². The molecule has 1 atom stereocenters. The largest absolute Gasteiger partial charge is 0.389 e. The van der Waals surface area contributed by atoms with Crippen LogP contribution in [0.1, 0.15) is 25.5 Å². The van der Waals surface area contributed by atoms with Gasteiger partial charge in [0.15, 0.2) is 0 Å². The minimum atomic E-state index is -0.454. The van der Waals surface area contributed by atoms with Gasteiger partial charge in [-0.2, -0.15) is 0 Å². The molecule has 0 saturated carbocycles. The zero-order valence-corrected chi connectivity index (χ0v) is 9.57. The molecule has 15 heavy (non-hydrogen) atoms. The molecule has 3 heteroatoms. The number of nitrogens with zero attached hydrogens (tertiary/aromatic N) is 2. The Labute approximate surface area is 91.1 Å². The van der Waals surface area contributed by atoms with Gasteiger partial charge in [0.25, 0.3) is 0 Å². The van der Waals surface area contributed by atoms with E-state index in [1.54, 1.807) is 13.1 Å². The number of aromatic nitrogens is 1. The molecule has 82 valence electrons. The fourth-order valence-electron chi connectivity index (χ4n) is 1.39. The van der Waals surface area contributed by atoms with E-state index in [0.717, 1.165) is 23.5 Å². The van der Waals surface area contributed by atoms with E-state index in [1.165, 1.54) is 0 Å². The smallest absolute Gasteiger partial charge is 0.128 e. The molecule has 1 rings (SSSR count). The average Bonchev–Trinajstić information content (AvgIpc) is 2.17. The Morgan fingerprint density at radius 2 is 2.33 bits per heavy atom. The zero-order valence-electron chi connectivity index (χ0n) is 9.57. The van der Waals surface area contributed by atoms with Crippen molar-refractivity contribution >= 4 is 5.82 Å². The highest BCUT2D eigenvalue weighted by molar-refractivity contribution is 5.41. The van der Waals surface area contributed by atoms with Crippen molar-refractivity contribution in [3.8, 4) is 0 Å². The van der Waals surface area contributed by atoms with E-state index in [0.29, 0.717) is 0 Å². The van der Waals surface area contributed by atoms with Crippen LogP contribution in [-0.2, 0) is 0 Å². The summed E-state index contributed by atoms with van der Waals surface area (Å²) in [6.45, 7) is 8.36. The van der Waals surface area contributed by atoms with Crippen molar-refractivity contribution in [3.63, 3.8) is 0 Å². The third-order valence-corrected chi connectivity index (χ3v) is 2.15. The summed E-state index contributed by atoms with van der Waals surface area (Å²) in [6.07, 6.45) is 1.26. The molecule has 0 aliphatic carbocycles. The fraction of sp³-hybridized carbons (Fsp3) is 0.417. The first-order chi connectivity index (χ1) is 7.00. The zero-order chi connectivity index (χ0) is 11.4. The van der Waals surface area contributed by atoms with Crippen LogP contribution in [0.3, 0.4) is 0 Å². The summed E-state index contributed by atoms with van der Waals surface area (Å²) in [6, 6.07) is 3.72. The second kappa shape index (κ2) is 4.94. The Kier molecular flexibility index (Phi) is 3.86. The predicted molar refractivity (Wildman–Crippen MR) is 63.0 cm³/mol. The first-order valence-electron chi connectivity index (χ1n) is 5.00. The summed E-state index contributed by atoms with van der Waals surface area (Å²) in [7, 11) is 1.96. The van der Waals surface area contributed by atoms with Crippen LogP contribution in [0.5, 0.6) is 0 Å². The van der Waals surface area contributed by atoms with Crippen molar-refractivity contribution in [2.45, 2.75) is 20.0 Å². The van der Waals surface area contributed by atoms with Gasteiger partial charge in [-0.3, -0.25) is 0 Å². The number of likely N-dealkylation sites (N-methyl/N-ethyl adjacent to an activating group) is 1. The van der Waals surface area contributed by atoms with Crippen LogP contribution < -0.4 is 4.90 Å². The molecule has 1 aromatic rings. The van der Waals surface area contributed by atoms with E-state index >= 15 is 0 Å². The molecule has 0 aromatic carbocycles. The Balaban J connectivity index is 2.85. The van der Waals surface area contributed by atoms with Gasteiger partial charge in [0.2, 0.25) is 0 Å². The van der Waals surface area contributed by atoms with Crippen molar-refractivity contribution in [3.05, 3.63) is 36.0 Å². The molecule has 0 fully saturated rings. The first-order valence-corrected chi connectivity index (χ1v) is 5.00. The number of pyridine rings is 1. The van der Waals surface area contributed by atoms with E-state index in [2.05, 4.69) is 11.6 Å². The fourth-order valence-corrected chi connectivity index (χ4v) is 1.39. The highest BCUT2D eigenvalue weighted by atomic mass is 16.3. The van der Waals surface area contributed by atoms with Gasteiger partial charge in [-0.25, -0.2) is 4.98 Å². The van der Waals surface area contributed by atoms with Gasteiger partial charge in [0, 0.05) is 19.8 Å². The normalized spacial score (nSPS) is 12.3. The maximum atomic E-state index is 9.45. The van der Waals surface area contributed by atoms with E-state index in [4.69, 9.17) is 0 Å². The van der Waals surface area contributed by atoms with E-state index in [1.807, 2.05) is 31.0 Å². The monoisotopic (exact) mass is 206 g/mol. The molecular weight excluding hydrogens is 188 g/mol. The third-order valence-electron chi connectivity index (χ3n) is 2.15. The molecule has 1 unspecified atom stereocenters. The van der Waals surface area contributed by atoms with Gasteiger partial charge in [-0.05, 0) is 31.5 Å². The molecule has 0 aliphatic heterocycles. The van der Waals surface area contributed by atoms with Gasteiger partial charge < -0.3 is 10.0 Å². The molecule has 0 bridgehead atoms.